The number of para-hydroxylation sites is 2. The first-order chi connectivity index (χ1) is 15.5. The van der Waals surface area contributed by atoms with Crippen LogP contribution in [0.25, 0.3) is 21.9 Å². The Bertz CT molecular complexity index is 1230. The minimum Gasteiger partial charge on any atom is -0.382 e. The highest BCUT2D eigenvalue weighted by molar-refractivity contribution is 6.06. The molecule has 0 aliphatic carbocycles. The van der Waals surface area contributed by atoms with Crippen molar-refractivity contribution in [2.45, 2.75) is 39.7 Å². The molecule has 0 radical (unpaired) electrons. The van der Waals surface area contributed by atoms with Gasteiger partial charge in [-0.25, -0.2) is 14.8 Å². The Hall–Kier alpha value is -3.61. The van der Waals surface area contributed by atoms with Gasteiger partial charge in [0.25, 0.3) is 0 Å². The Morgan fingerprint density at radius 2 is 1.75 bits per heavy atom. The molecule has 4 N–H and O–H groups in total. The maximum Gasteiger partial charge on any atom is 0.319 e. The quantitative estimate of drug-likeness (QED) is 0.394. The minimum atomic E-state index is -0.437. The van der Waals surface area contributed by atoms with Crippen molar-refractivity contribution in [3.63, 3.8) is 0 Å². The Balaban J connectivity index is 1.58. The van der Waals surface area contributed by atoms with Crippen LogP contribution in [0, 0.1) is 5.92 Å². The van der Waals surface area contributed by atoms with E-state index in [9.17, 15) is 4.79 Å². The molecule has 32 heavy (non-hydrogen) atoms. The van der Waals surface area contributed by atoms with Gasteiger partial charge in [0.05, 0.1) is 11.0 Å². The molecule has 7 nitrogen and oxygen atoms in total. The van der Waals surface area contributed by atoms with Gasteiger partial charge in [-0.3, -0.25) is 4.90 Å². The molecule has 0 aliphatic rings. The van der Waals surface area contributed by atoms with E-state index in [1.54, 1.807) is 4.90 Å². The van der Waals surface area contributed by atoms with E-state index in [1.807, 2.05) is 48.5 Å². The molecule has 7 heteroatoms. The van der Waals surface area contributed by atoms with Crippen LogP contribution in [0.4, 0.5) is 16.3 Å². The molecule has 0 saturated heterocycles. The Morgan fingerprint density at radius 1 is 1.03 bits per heavy atom. The zero-order valence-electron chi connectivity index (χ0n) is 18.7. The standard InChI is InChI=1S/C25H30N6O/c1-17(2)16-31-21(14-8-9-15-30(25(27)32)18-10-4-3-5-11-18)29-22-23(31)19-12-6-7-13-20(19)28-24(22)26/h3-7,10-13,17H,8-9,14-16H2,1-2H3,(H2,26,28)(H2,27,32). The largest absolute Gasteiger partial charge is 0.382 e. The lowest BCUT2D eigenvalue weighted by atomic mass is 10.1. The third-order valence-electron chi connectivity index (χ3n) is 5.60. The van der Waals surface area contributed by atoms with E-state index < -0.39 is 6.03 Å². The first-order valence-electron chi connectivity index (χ1n) is 11.1. The van der Waals surface area contributed by atoms with Gasteiger partial charge in [0.1, 0.15) is 11.3 Å². The van der Waals surface area contributed by atoms with Gasteiger partial charge in [-0.2, -0.15) is 0 Å². The van der Waals surface area contributed by atoms with Crippen molar-refractivity contribution in [3.05, 3.63) is 60.4 Å². The molecule has 4 rings (SSSR count). The first-order valence-corrected chi connectivity index (χ1v) is 11.1. The van der Waals surface area contributed by atoms with Gasteiger partial charge in [0.15, 0.2) is 5.82 Å². The molecule has 0 fully saturated rings. The average molecular weight is 431 g/mol. The molecule has 0 bridgehead atoms. The number of nitrogens with zero attached hydrogens (tertiary/aromatic N) is 4. The van der Waals surface area contributed by atoms with Crippen molar-refractivity contribution in [2.75, 3.05) is 17.2 Å². The van der Waals surface area contributed by atoms with Gasteiger partial charge in [-0.05, 0) is 37.0 Å². The molecular weight excluding hydrogens is 400 g/mol. The van der Waals surface area contributed by atoms with Crippen LogP contribution in [0.2, 0.25) is 0 Å². The fourth-order valence-electron chi connectivity index (χ4n) is 4.19. The lowest BCUT2D eigenvalue weighted by Crippen LogP contribution is -2.36. The van der Waals surface area contributed by atoms with Crippen LogP contribution in [0.5, 0.6) is 0 Å². The summed E-state index contributed by atoms with van der Waals surface area (Å²) >= 11 is 0. The Labute approximate surface area is 188 Å². The highest BCUT2D eigenvalue weighted by Gasteiger charge is 2.18. The number of primary amides is 1. The highest BCUT2D eigenvalue weighted by Crippen LogP contribution is 2.30. The fraction of sp³-hybridized carbons (Fsp3) is 0.320. The number of aryl methyl sites for hydroxylation is 1. The molecule has 0 atom stereocenters. The van der Waals surface area contributed by atoms with Crippen molar-refractivity contribution in [1.29, 1.82) is 0 Å². The predicted octanol–water partition coefficient (Wildman–Crippen LogP) is 4.73. The second kappa shape index (κ2) is 9.26. The summed E-state index contributed by atoms with van der Waals surface area (Å²) in [7, 11) is 0. The molecule has 0 spiro atoms. The number of imidazole rings is 1. The molecule has 2 heterocycles. The summed E-state index contributed by atoms with van der Waals surface area (Å²) < 4.78 is 2.30. The van der Waals surface area contributed by atoms with E-state index in [1.165, 1.54) is 0 Å². The van der Waals surface area contributed by atoms with Gasteiger partial charge in [0, 0.05) is 30.6 Å². The lowest BCUT2D eigenvalue weighted by molar-refractivity contribution is 0.253. The van der Waals surface area contributed by atoms with Crippen molar-refractivity contribution in [1.82, 2.24) is 14.5 Å². The van der Waals surface area contributed by atoms with Crippen molar-refractivity contribution in [2.24, 2.45) is 11.7 Å². The van der Waals surface area contributed by atoms with E-state index >= 15 is 0 Å². The summed E-state index contributed by atoms with van der Waals surface area (Å²) in [6.07, 6.45) is 2.48. The SMILES string of the molecule is CC(C)Cn1c(CCCCN(C(N)=O)c2ccccc2)nc2c(N)nc3ccccc3c21. The average Bonchev–Trinajstić information content (AvgIpc) is 3.12. The number of fused-ring (bicyclic) bond motifs is 3. The number of unbranched alkanes of at least 4 members (excludes halogenated alkanes) is 1. The van der Waals surface area contributed by atoms with Gasteiger partial charge < -0.3 is 16.0 Å². The number of anilines is 2. The summed E-state index contributed by atoms with van der Waals surface area (Å²) in [6, 6.07) is 17.2. The monoisotopic (exact) mass is 430 g/mol. The molecule has 2 aromatic carbocycles. The number of carbonyl (C=O) groups excluding carboxylic acids is 1. The zero-order chi connectivity index (χ0) is 22.7. The first kappa shape index (κ1) is 21.6. The summed E-state index contributed by atoms with van der Waals surface area (Å²) in [5.74, 6) is 1.93. The molecule has 166 valence electrons. The van der Waals surface area contributed by atoms with Crippen LogP contribution in [0.1, 0.15) is 32.5 Å². The predicted molar refractivity (Wildman–Crippen MR) is 131 cm³/mol. The number of pyridine rings is 1. The molecule has 2 aromatic heterocycles. The van der Waals surface area contributed by atoms with Crippen LogP contribution in [-0.2, 0) is 13.0 Å². The Morgan fingerprint density at radius 3 is 2.47 bits per heavy atom. The number of nitrogen functional groups attached to an aromatic ring is 1. The summed E-state index contributed by atoms with van der Waals surface area (Å²) in [4.78, 5) is 23.0. The second-order valence-corrected chi connectivity index (χ2v) is 8.53. The minimum absolute atomic E-state index is 0.437. The molecular formula is C25H30N6O. The van der Waals surface area contributed by atoms with Crippen LogP contribution < -0.4 is 16.4 Å². The van der Waals surface area contributed by atoms with Crippen LogP contribution in [0.15, 0.2) is 54.6 Å². The smallest absolute Gasteiger partial charge is 0.319 e. The number of benzene rings is 2. The number of amides is 2. The zero-order valence-corrected chi connectivity index (χ0v) is 18.7. The van der Waals surface area contributed by atoms with E-state index in [0.29, 0.717) is 18.3 Å². The molecule has 0 unspecified atom stereocenters. The highest BCUT2D eigenvalue weighted by atomic mass is 16.2. The topological polar surface area (TPSA) is 103 Å². The molecule has 0 aliphatic heterocycles. The third kappa shape index (κ3) is 4.37. The van der Waals surface area contributed by atoms with Crippen molar-refractivity contribution < 1.29 is 4.79 Å². The number of nitrogens with two attached hydrogens (primary N) is 2. The number of aromatic nitrogens is 3. The maximum atomic E-state index is 11.9. The van der Waals surface area contributed by atoms with Crippen molar-refractivity contribution in [3.8, 4) is 0 Å². The summed E-state index contributed by atoms with van der Waals surface area (Å²) in [5, 5.41) is 1.07. The van der Waals surface area contributed by atoms with Crippen LogP contribution in [0.3, 0.4) is 0 Å². The normalized spacial score (nSPS) is 11.5. The van der Waals surface area contributed by atoms with Crippen LogP contribution in [-0.4, -0.2) is 27.1 Å². The van der Waals surface area contributed by atoms with E-state index in [4.69, 9.17) is 16.5 Å². The summed E-state index contributed by atoms with van der Waals surface area (Å²) in [6.45, 7) is 5.83. The summed E-state index contributed by atoms with van der Waals surface area (Å²) in [5.41, 5.74) is 15.4. The number of urea groups is 1. The van der Waals surface area contributed by atoms with Gasteiger partial charge in [-0.15, -0.1) is 0 Å². The molecule has 2 amide bonds. The number of carbonyl (C=O) groups is 1. The molecule has 4 aromatic rings. The Kier molecular flexibility index (Phi) is 6.25. The van der Waals surface area contributed by atoms with Crippen LogP contribution >= 0.6 is 0 Å². The number of hydrogen-bond donors (Lipinski definition) is 2. The second-order valence-electron chi connectivity index (χ2n) is 8.53. The van der Waals surface area contributed by atoms with Crippen molar-refractivity contribution >= 4 is 39.5 Å². The molecule has 0 saturated carbocycles. The van der Waals surface area contributed by atoms with E-state index in [2.05, 4.69) is 29.5 Å². The van der Waals surface area contributed by atoms with Gasteiger partial charge in [0.2, 0.25) is 0 Å². The third-order valence-corrected chi connectivity index (χ3v) is 5.60. The maximum absolute atomic E-state index is 11.9. The van der Waals surface area contributed by atoms with Gasteiger partial charge >= 0.3 is 6.03 Å². The fourth-order valence-corrected chi connectivity index (χ4v) is 4.19. The lowest BCUT2D eigenvalue weighted by Gasteiger charge is -2.20. The van der Waals surface area contributed by atoms with Gasteiger partial charge in [-0.1, -0.05) is 50.2 Å². The van der Waals surface area contributed by atoms with E-state index in [0.717, 1.165) is 59.3 Å². The number of hydrogen-bond acceptors (Lipinski definition) is 4. The number of rotatable bonds is 8. The van der Waals surface area contributed by atoms with E-state index in [-0.39, 0.29) is 0 Å².